The molecule has 0 amide bonds. The highest BCUT2D eigenvalue weighted by Crippen LogP contribution is 2.33. The zero-order chi connectivity index (χ0) is 19.1. The second kappa shape index (κ2) is 8.47. The molecule has 1 aromatic heterocycles. The first-order chi connectivity index (χ1) is 12.5. The molecule has 2 N–H and O–H groups in total. The molecular formula is C17H18N4O5. The number of hydrogen-bond acceptors (Lipinski definition) is 8. The van der Waals surface area contributed by atoms with Crippen LogP contribution in [0.5, 0.6) is 11.5 Å². The molecule has 2 aromatic rings. The molecule has 9 nitrogen and oxygen atoms in total. The smallest absolute Gasteiger partial charge is 0.272 e. The molecule has 2 rings (SSSR count). The van der Waals surface area contributed by atoms with Gasteiger partial charge in [-0.25, -0.2) is 9.97 Å². The zero-order valence-corrected chi connectivity index (χ0v) is 14.5. The lowest BCUT2D eigenvalue weighted by Crippen LogP contribution is -2.01. The highest BCUT2D eigenvalue weighted by molar-refractivity contribution is 5.92. The molecule has 0 radical (unpaired) electrons. The highest BCUT2D eigenvalue weighted by Gasteiger charge is 2.11. The maximum absolute atomic E-state index is 10.8. The van der Waals surface area contributed by atoms with Gasteiger partial charge in [-0.05, 0) is 19.1 Å². The van der Waals surface area contributed by atoms with Gasteiger partial charge in [0.2, 0.25) is 0 Å². The van der Waals surface area contributed by atoms with E-state index in [0.717, 1.165) is 6.08 Å². The summed E-state index contributed by atoms with van der Waals surface area (Å²) in [4.78, 5) is 18.7. The van der Waals surface area contributed by atoms with Gasteiger partial charge in [-0.15, -0.1) is 0 Å². The molecule has 0 fully saturated rings. The Morgan fingerprint density at radius 2 is 1.92 bits per heavy atom. The summed E-state index contributed by atoms with van der Waals surface area (Å²) in [5.41, 5.74) is 0.996. The molecular weight excluding hydrogens is 340 g/mol. The summed E-state index contributed by atoms with van der Waals surface area (Å²) in [6, 6.07) is 3.48. The van der Waals surface area contributed by atoms with E-state index in [9.17, 15) is 10.1 Å². The van der Waals surface area contributed by atoms with E-state index in [1.54, 1.807) is 19.1 Å². The minimum atomic E-state index is -0.603. The number of benzene rings is 1. The number of allylic oxidation sites excluding steroid dienone is 4. The van der Waals surface area contributed by atoms with Crippen molar-refractivity contribution < 1.29 is 19.5 Å². The Labute approximate surface area is 149 Å². The second-order valence-electron chi connectivity index (χ2n) is 5.09. The summed E-state index contributed by atoms with van der Waals surface area (Å²) in [5.74, 6) is 1.59. The Morgan fingerprint density at radius 1 is 1.23 bits per heavy atom. The Kier molecular flexibility index (Phi) is 6.10. The maximum atomic E-state index is 10.8. The van der Waals surface area contributed by atoms with Gasteiger partial charge >= 0.3 is 0 Å². The molecule has 1 aromatic carbocycles. The molecule has 0 aliphatic carbocycles. The fourth-order valence-electron chi connectivity index (χ4n) is 2.18. The molecule has 26 heavy (non-hydrogen) atoms. The third kappa shape index (κ3) is 4.26. The van der Waals surface area contributed by atoms with Crippen LogP contribution in [0.3, 0.4) is 0 Å². The van der Waals surface area contributed by atoms with Gasteiger partial charge in [-0.1, -0.05) is 0 Å². The van der Waals surface area contributed by atoms with Crippen LogP contribution >= 0.6 is 0 Å². The van der Waals surface area contributed by atoms with E-state index in [4.69, 9.17) is 14.6 Å². The number of ether oxygens (including phenoxy) is 2. The number of anilines is 1. The number of hydrogen-bond donors (Lipinski definition) is 2. The number of aliphatic hydroxyl groups is 1. The van der Waals surface area contributed by atoms with Crippen molar-refractivity contribution in [2.45, 2.75) is 6.92 Å². The van der Waals surface area contributed by atoms with Crippen LogP contribution in [0.1, 0.15) is 6.92 Å². The molecule has 0 aliphatic rings. The fraction of sp³-hybridized carbons (Fsp3) is 0.176. The first-order valence-electron chi connectivity index (χ1n) is 7.47. The van der Waals surface area contributed by atoms with Gasteiger partial charge in [0.1, 0.15) is 12.1 Å². The Morgan fingerprint density at radius 3 is 2.54 bits per heavy atom. The lowest BCUT2D eigenvalue weighted by molar-refractivity contribution is -0.419. The van der Waals surface area contributed by atoms with E-state index in [0.29, 0.717) is 40.2 Å². The van der Waals surface area contributed by atoms with E-state index >= 15 is 0 Å². The molecule has 136 valence electrons. The monoisotopic (exact) mass is 358 g/mol. The predicted molar refractivity (Wildman–Crippen MR) is 96.9 cm³/mol. The van der Waals surface area contributed by atoms with Crippen LogP contribution < -0.4 is 14.8 Å². The van der Waals surface area contributed by atoms with Crippen molar-refractivity contribution in [3.8, 4) is 11.5 Å². The van der Waals surface area contributed by atoms with Crippen molar-refractivity contribution in [1.82, 2.24) is 9.97 Å². The Balaban J connectivity index is 2.40. The summed E-state index contributed by atoms with van der Waals surface area (Å²) in [7, 11) is 3.07. The number of aliphatic hydroxyl groups excluding tert-OH is 1. The number of nitro groups is 1. The Bertz CT molecular complexity index is 905. The quantitative estimate of drug-likeness (QED) is 0.335. The van der Waals surface area contributed by atoms with Gasteiger partial charge in [-0.3, -0.25) is 10.1 Å². The molecule has 0 bridgehead atoms. The zero-order valence-electron chi connectivity index (χ0n) is 14.5. The molecule has 0 aliphatic heterocycles. The molecule has 1 heterocycles. The van der Waals surface area contributed by atoms with Crippen molar-refractivity contribution in [3.05, 3.63) is 64.5 Å². The van der Waals surface area contributed by atoms with Crippen LogP contribution in [0.4, 0.5) is 5.82 Å². The largest absolute Gasteiger partial charge is 0.515 e. The van der Waals surface area contributed by atoms with Gasteiger partial charge in [0, 0.05) is 23.2 Å². The lowest BCUT2D eigenvalue weighted by Gasteiger charge is -2.12. The Hall–Kier alpha value is -3.62. The van der Waals surface area contributed by atoms with E-state index in [1.807, 2.05) is 0 Å². The predicted octanol–water partition coefficient (Wildman–Crippen LogP) is 3.20. The second-order valence-corrected chi connectivity index (χ2v) is 5.09. The van der Waals surface area contributed by atoms with Crippen molar-refractivity contribution >= 4 is 16.7 Å². The van der Waals surface area contributed by atoms with E-state index in [-0.39, 0.29) is 5.70 Å². The van der Waals surface area contributed by atoms with Crippen molar-refractivity contribution in [3.63, 3.8) is 0 Å². The number of nitrogens with one attached hydrogen (secondary N) is 1. The van der Waals surface area contributed by atoms with E-state index in [2.05, 4.69) is 15.3 Å². The molecule has 0 atom stereocenters. The van der Waals surface area contributed by atoms with Gasteiger partial charge < -0.3 is 19.9 Å². The molecule has 0 saturated heterocycles. The van der Waals surface area contributed by atoms with Gasteiger partial charge in [0.15, 0.2) is 11.5 Å². The van der Waals surface area contributed by atoms with Crippen LogP contribution in [0.25, 0.3) is 10.9 Å². The summed E-state index contributed by atoms with van der Waals surface area (Å²) in [6.45, 7) is 1.73. The molecule has 9 heteroatoms. The van der Waals surface area contributed by atoms with Crippen molar-refractivity contribution in [1.29, 1.82) is 0 Å². The summed E-state index contributed by atoms with van der Waals surface area (Å²) in [6.07, 6.45) is 5.77. The first kappa shape index (κ1) is 18.7. The molecule has 0 spiro atoms. The summed E-state index contributed by atoms with van der Waals surface area (Å²) in [5, 5.41) is 23.3. The van der Waals surface area contributed by atoms with E-state index in [1.165, 1.54) is 32.7 Å². The van der Waals surface area contributed by atoms with Gasteiger partial charge in [-0.2, -0.15) is 0 Å². The topological polar surface area (TPSA) is 120 Å². The molecule has 0 unspecified atom stereocenters. The summed E-state index contributed by atoms with van der Waals surface area (Å²) >= 11 is 0. The van der Waals surface area contributed by atoms with Crippen LogP contribution in [0.2, 0.25) is 0 Å². The standard InChI is InChI=1S/C17H18N4O5/c1-11(4-5-12(6-7-22)21(23)24)20-17-13-8-15(25-2)16(26-3)9-14(13)18-10-19-17/h4-10,22H,1-3H3,(H,18,19,20)/b7-6+,11-4+,12-5+. The van der Waals surface area contributed by atoms with Crippen LogP contribution in [0, 0.1) is 10.1 Å². The average molecular weight is 358 g/mol. The van der Waals surface area contributed by atoms with Crippen molar-refractivity contribution in [2.75, 3.05) is 19.5 Å². The third-order valence-electron chi connectivity index (χ3n) is 3.42. The fourth-order valence-corrected chi connectivity index (χ4v) is 2.18. The van der Waals surface area contributed by atoms with Crippen molar-refractivity contribution in [2.24, 2.45) is 0 Å². The third-order valence-corrected chi connectivity index (χ3v) is 3.42. The summed E-state index contributed by atoms with van der Waals surface area (Å²) < 4.78 is 10.6. The van der Waals surface area contributed by atoms with Gasteiger partial charge in [0.05, 0.1) is 37.0 Å². The average Bonchev–Trinajstić information content (AvgIpc) is 2.63. The number of aromatic nitrogens is 2. The number of rotatable bonds is 7. The van der Waals surface area contributed by atoms with Crippen LogP contribution in [-0.4, -0.2) is 34.2 Å². The minimum Gasteiger partial charge on any atom is -0.515 e. The minimum absolute atomic E-state index is 0.257. The lowest BCUT2D eigenvalue weighted by atomic mass is 10.2. The number of nitrogens with zero attached hydrogens (tertiary/aromatic N) is 3. The highest BCUT2D eigenvalue weighted by atomic mass is 16.6. The molecule has 0 saturated carbocycles. The van der Waals surface area contributed by atoms with Crippen LogP contribution in [0.15, 0.2) is 54.3 Å². The van der Waals surface area contributed by atoms with E-state index < -0.39 is 4.92 Å². The van der Waals surface area contributed by atoms with Crippen LogP contribution in [-0.2, 0) is 0 Å². The SMILES string of the molecule is COc1cc2ncnc(N/C(C)=C/C=C(\C=C\O)[N+](=O)[O-])c2cc1OC. The number of fused-ring (bicyclic) bond motifs is 1. The number of methoxy groups -OCH3 is 2. The first-order valence-corrected chi connectivity index (χ1v) is 7.47. The maximum Gasteiger partial charge on any atom is 0.272 e. The normalized spacial score (nSPS) is 12.4. The van der Waals surface area contributed by atoms with Gasteiger partial charge in [0.25, 0.3) is 5.70 Å².